The Morgan fingerprint density at radius 2 is 1.87 bits per heavy atom. The number of aromatic hydroxyl groups is 1. The Labute approximate surface area is 178 Å². The molecule has 3 atom stereocenters. The van der Waals surface area contributed by atoms with E-state index in [9.17, 15) is 9.90 Å². The Kier molecular flexibility index (Phi) is 5.68. The maximum absolute atomic E-state index is 13.3. The largest absolute Gasteiger partial charge is 0.507 e. The van der Waals surface area contributed by atoms with Gasteiger partial charge >= 0.3 is 5.63 Å². The van der Waals surface area contributed by atoms with Crippen LogP contribution in [0.15, 0.2) is 39.5 Å². The molecule has 2 aromatic rings. The molecule has 3 aliphatic rings. The van der Waals surface area contributed by atoms with Gasteiger partial charge in [-0.3, -0.25) is 0 Å². The number of benzene rings is 1. The SMILES string of the molecule is O=c1oc2c(c(O)c1C(c1ccccc1)C1CC1)CCCCC2CC1CCCOC1. The third-order valence-corrected chi connectivity index (χ3v) is 7.30. The third kappa shape index (κ3) is 3.94. The summed E-state index contributed by atoms with van der Waals surface area (Å²) in [6.07, 6.45) is 9.42. The third-order valence-electron chi connectivity index (χ3n) is 7.30. The second-order valence-electron chi connectivity index (χ2n) is 9.48. The van der Waals surface area contributed by atoms with Crippen LogP contribution in [0, 0.1) is 11.8 Å². The predicted octanol–water partition coefficient (Wildman–Crippen LogP) is 5.51. The molecule has 4 heteroatoms. The van der Waals surface area contributed by atoms with Gasteiger partial charge in [0, 0.05) is 30.6 Å². The summed E-state index contributed by atoms with van der Waals surface area (Å²) in [5, 5.41) is 11.4. The Hall–Kier alpha value is -2.07. The molecule has 2 fully saturated rings. The summed E-state index contributed by atoms with van der Waals surface area (Å²) in [7, 11) is 0. The minimum absolute atomic E-state index is 0.0683. The first kappa shape index (κ1) is 19.9. The molecule has 1 aromatic carbocycles. The molecule has 5 rings (SSSR count). The molecule has 1 saturated heterocycles. The molecular weight excluding hydrogens is 376 g/mol. The van der Waals surface area contributed by atoms with Gasteiger partial charge in [-0.1, -0.05) is 36.8 Å². The number of hydrogen-bond donors (Lipinski definition) is 1. The average Bonchev–Trinajstić information content (AvgIpc) is 3.61. The fourth-order valence-electron chi connectivity index (χ4n) is 5.65. The minimum atomic E-state index is -0.334. The van der Waals surface area contributed by atoms with Crippen molar-refractivity contribution in [3.63, 3.8) is 0 Å². The summed E-state index contributed by atoms with van der Waals surface area (Å²) in [4.78, 5) is 13.3. The maximum atomic E-state index is 13.3. The summed E-state index contributed by atoms with van der Waals surface area (Å²) in [5.41, 5.74) is 2.15. The molecule has 1 aromatic heterocycles. The number of ether oxygens (including phenoxy) is 1. The van der Waals surface area contributed by atoms with Gasteiger partial charge in [-0.25, -0.2) is 4.79 Å². The van der Waals surface area contributed by atoms with E-state index < -0.39 is 0 Å². The summed E-state index contributed by atoms with van der Waals surface area (Å²) >= 11 is 0. The topological polar surface area (TPSA) is 59.7 Å². The normalized spacial score (nSPS) is 25.3. The van der Waals surface area contributed by atoms with Crippen molar-refractivity contribution in [3.8, 4) is 5.75 Å². The highest BCUT2D eigenvalue weighted by Gasteiger charge is 2.39. The van der Waals surface area contributed by atoms with E-state index in [0.29, 0.717) is 17.4 Å². The van der Waals surface area contributed by atoms with Gasteiger partial charge in [-0.15, -0.1) is 0 Å². The maximum Gasteiger partial charge on any atom is 0.343 e. The van der Waals surface area contributed by atoms with Gasteiger partial charge in [-0.2, -0.15) is 0 Å². The summed E-state index contributed by atoms with van der Waals surface area (Å²) in [5.74, 6) is 2.05. The molecule has 3 unspecified atom stereocenters. The van der Waals surface area contributed by atoms with Crippen LogP contribution < -0.4 is 5.63 Å². The van der Waals surface area contributed by atoms with Gasteiger partial charge in [0.05, 0.1) is 5.56 Å². The predicted molar refractivity (Wildman–Crippen MR) is 116 cm³/mol. The van der Waals surface area contributed by atoms with Crippen LogP contribution in [0.5, 0.6) is 5.75 Å². The molecule has 1 N–H and O–H groups in total. The molecule has 0 bridgehead atoms. The Bertz CT molecular complexity index is 922. The zero-order valence-corrected chi connectivity index (χ0v) is 17.6. The molecule has 1 saturated carbocycles. The first-order valence-corrected chi connectivity index (χ1v) is 11.7. The molecular formula is C26H32O4. The summed E-state index contributed by atoms with van der Waals surface area (Å²) in [6.45, 7) is 1.66. The van der Waals surface area contributed by atoms with E-state index in [1.54, 1.807) is 0 Å². The van der Waals surface area contributed by atoms with E-state index in [0.717, 1.165) is 81.5 Å². The minimum Gasteiger partial charge on any atom is -0.507 e. The molecule has 1 aliphatic heterocycles. The van der Waals surface area contributed by atoms with Gasteiger partial charge in [0.1, 0.15) is 11.5 Å². The van der Waals surface area contributed by atoms with Crippen molar-refractivity contribution in [1.82, 2.24) is 0 Å². The van der Waals surface area contributed by atoms with Gasteiger partial charge in [0.25, 0.3) is 0 Å². The van der Waals surface area contributed by atoms with Crippen LogP contribution in [0.25, 0.3) is 0 Å². The second-order valence-corrected chi connectivity index (χ2v) is 9.48. The van der Waals surface area contributed by atoms with Crippen molar-refractivity contribution < 1.29 is 14.3 Å². The van der Waals surface area contributed by atoms with Crippen molar-refractivity contribution >= 4 is 0 Å². The lowest BCUT2D eigenvalue weighted by molar-refractivity contribution is 0.0475. The lowest BCUT2D eigenvalue weighted by atomic mass is 9.83. The molecule has 2 heterocycles. The van der Waals surface area contributed by atoms with Crippen LogP contribution >= 0.6 is 0 Å². The highest BCUT2D eigenvalue weighted by Crippen LogP contribution is 2.49. The molecule has 0 spiro atoms. The van der Waals surface area contributed by atoms with E-state index in [-0.39, 0.29) is 23.2 Å². The van der Waals surface area contributed by atoms with Gasteiger partial charge in [-0.05, 0) is 68.8 Å². The molecule has 4 nitrogen and oxygen atoms in total. The fourth-order valence-corrected chi connectivity index (χ4v) is 5.65. The number of rotatable bonds is 5. The first-order chi connectivity index (χ1) is 14.7. The van der Waals surface area contributed by atoms with Crippen molar-refractivity contribution in [2.45, 2.75) is 69.6 Å². The quantitative estimate of drug-likeness (QED) is 0.662. The van der Waals surface area contributed by atoms with Crippen LogP contribution in [0.3, 0.4) is 0 Å². The molecule has 0 amide bonds. The average molecular weight is 409 g/mol. The van der Waals surface area contributed by atoms with Crippen molar-refractivity contribution in [2.24, 2.45) is 11.8 Å². The highest BCUT2D eigenvalue weighted by atomic mass is 16.5. The Balaban J connectivity index is 1.54. The summed E-state index contributed by atoms with van der Waals surface area (Å²) in [6, 6.07) is 10.1. The molecule has 160 valence electrons. The second kappa shape index (κ2) is 8.58. The van der Waals surface area contributed by atoms with Crippen molar-refractivity contribution in [1.29, 1.82) is 0 Å². The fraction of sp³-hybridized carbons (Fsp3) is 0.577. The molecule has 30 heavy (non-hydrogen) atoms. The van der Waals surface area contributed by atoms with Gasteiger partial charge < -0.3 is 14.3 Å². The molecule has 2 aliphatic carbocycles. The zero-order chi connectivity index (χ0) is 20.5. The lowest BCUT2D eigenvalue weighted by Gasteiger charge is -2.27. The van der Waals surface area contributed by atoms with Crippen LogP contribution in [0.2, 0.25) is 0 Å². The van der Waals surface area contributed by atoms with E-state index in [1.165, 1.54) is 6.42 Å². The lowest BCUT2D eigenvalue weighted by Crippen LogP contribution is -2.22. The zero-order valence-electron chi connectivity index (χ0n) is 17.6. The monoisotopic (exact) mass is 408 g/mol. The van der Waals surface area contributed by atoms with Crippen molar-refractivity contribution in [3.05, 3.63) is 63.2 Å². The Morgan fingerprint density at radius 1 is 1.03 bits per heavy atom. The van der Waals surface area contributed by atoms with E-state index in [4.69, 9.17) is 9.15 Å². The smallest absolute Gasteiger partial charge is 0.343 e. The van der Waals surface area contributed by atoms with Gasteiger partial charge in [0.2, 0.25) is 0 Å². The van der Waals surface area contributed by atoms with Crippen LogP contribution in [-0.4, -0.2) is 18.3 Å². The van der Waals surface area contributed by atoms with Crippen LogP contribution in [-0.2, 0) is 11.2 Å². The molecule has 0 radical (unpaired) electrons. The van der Waals surface area contributed by atoms with Crippen LogP contribution in [0.4, 0.5) is 0 Å². The summed E-state index contributed by atoms with van der Waals surface area (Å²) < 4.78 is 11.8. The standard InChI is InChI=1S/C26H32O4/c27-24-21-11-5-4-10-20(15-17-7-6-14-29-16-17)25(21)30-26(28)23(24)22(19-12-13-19)18-8-2-1-3-9-18/h1-3,8-9,17,19-20,22,27H,4-7,10-16H2. The van der Waals surface area contributed by atoms with Crippen molar-refractivity contribution in [2.75, 3.05) is 13.2 Å². The van der Waals surface area contributed by atoms with E-state index in [2.05, 4.69) is 12.1 Å². The first-order valence-electron chi connectivity index (χ1n) is 11.7. The van der Waals surface area contributed by atoms with E-state index in [1.807, 2.05) is 18.2 Å². The van der Waals surface area contributed by atoms with E-state index >= 15 is 0 Å². The number of hydrogen-bond acceptors (Lipinski definition) is 4. The highest BCUT2D eigenvalue weighted by molar-refractivity contribution is 5.47. The van der Waals surface area contributed by atoms with Gasteiger partial charge in [0.15, 0.2) is 0 Å². The van der Waals surface area contributed by atoms with Crippen LogP contribution in [0.1, 0.15) is 85.7 Å². The number of fused-ring (bicyclic) bond motifs is 1. The Morgan fingerprint density at radius 3 is 2.60 bits per heavy atom.